The molecule has 0 bridgehead atoms. The lowest BCUT2D eigenvalue weighted by Gasteiger charge is -2.04. The summed E-state index contributed by atoms with van der Waals surface area (Å²) >= 11 is 0. The Morgan fingerprint density at radius 2 is 1.94 bits per heavy atom. The third-order valence-corrected chi connectivity index (χ3v) is 3.02. The molecule has 17 heavy (non-hydrogen) atoms. The van der Waals surface area contributed by atoms with Crippen molar-refractivity contribution < 1.29 is 4.74 Å². The number of benzene rings is 1. The number of ether oxygens (including phenoxy) is 1. The van der Waals surface area contributed by atoms with Gasteiger partial charge >= 0.3 is 0 Å². The Balaban J connectivity index is 2.45. The summed E-state index contributed by atoms with van der Waals surface area (Å²) in [5.74, 6) is 1.78. The van der Waals surface area contributed by atoms with Gasteiger partial charge in [-0.3, -0.25) is 0 Å². The smallest absolute Gasteiger partial charge is 0.140 e. The molecule has 0 aliphatic rings. The van der Waals surface area contributed by atoms with Crippen LogP contribution in [0.4, 0.5) is 0 Å². The molecule has 0 spiro atoms. The van der Waals surface area contributed by atoms with Crippen molar-refractivity contribution in [3.63, 3.8) is 0 Å². The van der Waals surface area contributed by atoms with Gasteiger partial charge in [0.15, 0.2) is 0 Å². The van der Waals surface area contributed by atoms with E-state index in [2.05, 4.69) is 9.55 Å². The van der Waals surface area contributed by atoms with Crippen LogP contribution in [0.1, 0.15) is 11.4 Å². The summed E-state index contributed by atoms with van der Waals surface area (Å²) in [5.41, 5.74) is 8.78. The van der Waals surface area contributed by atoms with Gasteiger partial charge in [-0.25, -0.2) is 4.98 Å². The Kier molecular flexibility index (Phi) is 3.15. The van der Waals surface area contributed by atoms with Gasteiger partial charge in [0.05, 0.1) is 12.8 Å². The Morgan fingerprint density at radius 3 is 2.41 bits per heavy atom. The molecular weight excluding hydrogens is 214 g/mol. The maximum Gasteiger partial charge on any atom is 0.140 e. The third kappa shape index (κ3) is 2.03. The molecular formula is C13H17N3O. The highest BCUT2D eigenvalue weighted by Crippen LogP contribution is 2.23. The van der Waals surface area contributed by atoms with Crippen molar-refractivity contribution in [3.05, 3.63) is 35.7 Å². The summed E-state index contributed by atoms with van der Waals surface area (Å²) in [6.45, 7) is 2.50. The average molecular weight is 231 g/mol. The molecule has 2 rings (SSSR count). The second-order valence-corrected chi connectivity index (χ2v) is 3.96. The van der Waals surface area contributed by atoms with Crippen LogP contribution in [0, 0.1) is 6.92 Å². The Bertz CT molecular complexity index is 514. The minimum absolute atomic E-state index is 0.468. The van der Waals surface area contributed by atoms with E-state index < -0.39 is 0 Å². The molecule has 0 saturated heterocycles. The fourth-order valence-corrected chi connectivity index (χ4v) is 1.83. The summed E-state index contributed by atoms with van der Waals surface area (Å²) in [7, 11) is 3.66. The predicted molar refractivity (Wildman–Crippen MR) is 67.8 cm³/mol. The summed E-state index contributed by atoms with van der Waals surface area (Å²) in [4.78, 5) is 4.55. The summed E-state index contributed by atoms with van der Waals surface area (Å²) in [5, 5.41) is 0. The van der Waals surface area contributed by atoms with Crippen molar-refractivity contribution in [2.75, 3.05) is 7.11 Å². The van der Waals surface area contributed by atoms with Crippen molar-refractivity contribution >= 4 is 0 Å². The van der Waals surface area contributed by atoms with Gasteiger partial charge < -0.3 is 15.0 Å². The fraction of sp³-hybridized carbons (Fsp3) is 0.308. The zero-order valence-corrected chi connectivity index (χ0v) is 10.4. The minimum atomic E-state index is 0.468. The first kappa shape index (κ1) is 11.7. The van der Waals surface area contributed by atoms with Crippen molar-refractivity contribution in [2.24, 2.45) is 12.8 Å². The summed E-state index contributed by atoms with van der Waals surface area (Å²) in [6.07, 6.45) is 0. The van der Waals surface area contributed by atoms with Crippen LogP contribution < -0.4 is 10.5 Å². The number of rotatable bonds is 3. The lowest BCUT2D eigenvalue weighted by atomic mass is 10.2. The predicted octanol–water partition coefficient (Wildman–Crippen LogP) is 1.86. The number of nitrogens with zero attached hydrogens (tertiary/aromatic N) is 2. The number of hydrogen-bond acceptors (Lipinski definition) is 3. The number of hydrogen-bond donors (Lipinski definition) is 1. The van der Waals surface area contributed by atoms with Crippen molar-refractivity contribution in [2.45, 2.75) is 13.5 Å². The van der Waals surface area contributed by atoms with Crippen LogP contribution in [0.25, 0.3) is 11.4 Å². The van der Waals surface area contributed by atoms with Gasteiger partial charge in [0.1, 0.15) is 11.6 Å². The molecule has 0 saturated carbocycles. The number of imidazole rings is 1. The topological polar surface area (TPSA) is 53.1 Å². The lowest BCUT2D eigenvalue weighted by Crippen LogP contribution is -1.99. The summed E-state index contributed by atoms with van der Waals surface area (Å²) in [6, 6.07) is 7.87. The zero-order valence-electron chi connectivity index (χ0n) is 10.4. The molecule has 1 aromatic carbocycles. The number of aromatic nitrogens is 2. The molecule has 1 aromatic heterocycles. The monoisotopic (exact) mass is 231 g/mol. The van der Waals surface area contributed by atoms with E-state index in [1.807, 2.05) is 38.2 Å². The minimum Gasteiger partial charge on any atom is -0.497 e. The van der Waals surface area contributed by atoms with Gasteiger partial charge in [-0.15, -0.1) is 0 Å². The SMILES string of the molecule is COc1ccc(-c2nc(CN)c(C)n2C)cc1. The molecule has 1 heterocycles. The van der Waals surface area contributed by atoms with E-state index in [1.165, 1.54) is 0 Å². The van der Waals surface area contributed by atoms with Gasteiger partial charge in [0.2, 0.25) is 0 Å². The molecule has 0 aliphatic carbocycles. The quantitative estimate of drug-likeness (QED) is 0.877. The van der Waals surface area contributed by atoms with Crippen LogP contribution >= 0.6 is 0 Å². The van der Waals surface area contributed by atoms with Crippen LogP contribution in [-0.2, 0) is 13.6 Å². The normalized spacial score (nSPS) is 10.6. The van der Waals surface area contributed by atoms with Gasteiger partial charge in [-0.2, -0.15) is 0 Å². The van der Waals surface area contributed by atoms with E-state index in [0.717, 1.165) is 28.5 Å². The third-order valence-electron chi connectivity index (χ3n) is 3.02. The highest BCUT2D eigenvalue weighted by atomic mass is 16.5. The van der Waals surface area contributed by atoms with E-state index in [4.69, 9.17) is 10.5 Å². The molecule has 0 unspecified atom stereocenters. The molecule has 0 radical (unpaired) electrons. The van der Waals surface area contributed by atoms with Crippen LogP contribution in [-0.4, -0.2) is 16.7 Å². The van der Waals surface area contributed by atoms with E-state index in [-0.39, 0.29) is 0 Å². The average Bonchev–Trinajstić information content (AvgIpc) is 2.66. The van der Waals surface area contributed by atoms with Crippen LogP contribution in [0.2, 0.25) is 0 Å². The van der Waals surface area contributed by atoms with Gasteiger partial charge in [-0.05, 0) is 31.2 Å². The largest absolute Gasteiger partial charge is 0.497 e. The first-order chi connectivity index (χ1) is 8.17. The second kappa shape index (κ2) is 4.59. The standard InChI is InChI=1S/C13H17N3O/c1-9-12(8-14)15-13(16(9)2)10-4-6-11(17-3)7-5-10/h4-7H,8,14H2,1-3H3. The van der Waals surface area contributed by atoms with Crippen LogP contribution in [0.3, 0.4) is 0 Å². The van der Waals surface area contributed by atoms with Gasteiger partial charge in [-0.1, -0.05) is 0 Å². The summed E-state index contributed by atoms with van der Waals surface area (Å²) < 4.78 is 7.20. The molecule has 4 heteroatoms. The molecule has 2 aromatic rings. The Morgan fingerprint density at radius 1 is 1.29 bits per heavy atom. The molecule has 2 N–H and O–H groups in total. The van der Waals surface area contributed by atoms with E-state index >= 15 is 0 Å². The van der Waals surface area contributed by atoms with E-state index in [0.29, 0.717) is 6.54 Å². The first-order valence-corrected chi connectivity index (χ1v) is 5.54. The maximum atomic E-state index is 5.66. The molecule has 90 valence electrons. The highest BCUT2D eigenvalue weighted by molar-refractivity contribution is 5.58. The van der Waals surface area contributed by atoms with Crippen molar-refractivity contribution in [3.8, 4) is 17.1 Å². The molecule has 4 nitrogen and oxygen atoms in total. The first-order valence-electron chi connectivity index (χ1n) is 5.54. The van der Waals surface area contributed by atoms with Crippen molar-refractivity contribution in [1.29, 1.82) is 0 Å². The van der Waals surface area contributed by atoms with Crippen molar-refractivity contribution in [1.82, 2.24) is 9.55 Å². The molecule has 0 amide bonds. The Hall–Kier alpha value is -1.81. The number of nitrogens with two attached hydrogens (primary N) is 1. The molecule has 0 atom stereocenters. The lowest BCUT2D eigenvalue weighted by molar-refractivity contribution is 0.415. The second-order valence-electron chi connectivity index (χ2n) is 3.96. The van der Waals surface area contributed by atoms with E-state index in [9.17, 15) is 0 Å². The molecule has 0 aliphatic heterocycles. The fourth-order valence-electron chi connectivity index (χ4n) is 1.83. The van der Waals surface area contributed by atoms with Crippen LogP contribution in [0.5, 0.6) is 5.75 Å². The van der Waals surface area contributed by atoms with Gasteiger partial charge in [0, 0.05) is 24.8 Å². The highest BCUT2D eigenvalue weighted by Gasteiger charge is 2.11. The van der Waals surface area contributed by atoms with Crippen LogP contribution in [0.15, 0.2) is 24.3 Å². The maximum absolute atomic E-state index is 5.66. The van der Waals surface area contributed by atoms with E-state index in [1.54, 1.807) is 7.11 Å². The molecule has 0 fully saturated rings. The Labute approximate surface area is 101 Å². The number of methoxy groups -OCH3 is 1. The van der Waals surface area contributed by atoms with Gasteiger partial charge in [0.25, 0.3) is 0 Å². The zero-order chi connectivity index (χ0) is 12.4.